The van der Waals surface area contributed by atoms with Gasteiger partial charge in [0.1, 0.15) is 0 Å². The van der Waals surface area contributed by atoms with Crippen LogP contribution in [0.2, 0.25) is 10.0 Å². The minimum atomic E-state index is -0.192. The molecule has 2 aromatic rings. The van der Waals surface area contributed by atoms with E-state index in [1.807, 2.05) is 5.38 Å². The summed E-state index contributed by atoms with van der Waals surface area (Å²) < 4.78 is 0. The summed E-state index contributed by atoms with van der Waals surface area (Å²) in [6.07, 6.45) is 0. The summed E-state index contributed by atoms with van der Waals surface area (Å²) in [6, 6.07) is 4.81. The summed E-state index contributed by atoms with van der Waals surface area (Å²) in [5.41, 5.74) is 1.35. The number of amides is 1. The number of carbonyl (C=O) groups excluding carboxylic acids is 1. The van der Waals surface area contributed by atoms with Gasteiger partial charge in [-0.2, -0.15) is 0 Å². The zero-order chi connectivity index (χ0) is 14.7. The maximum absolute atomic E-state index is 12.0. The van der Waals surface area contributed by atoms with Gasteiger partial charge in [0.15, 0.2) is 0 Å². The Hall–Kier alpha value is -1.10. The lowest BCUT2D eigenvalue weighted by Gasteiger charge is -2.04. The minimum Gasteiger partial charge on any atom is -0.346 e. The predicted octanol–water partition coefficient (Wildman–Crippen LogP) is 4.50. The monoisotopic (exact) mass is 328 g/mol. The van der Waals surface area contributed by atoms with Crippen molar-refractivity contribution in [2.45, 2.75) is 26.3 Å². The van der Waals surface area contributed by atoms with Crippen LogP contribution in [0.25, 0.3) is 0 Å². The normalized spacial score (nSPS) is 10.8. The second kappa shape index (κ2) is 6.57. The molecule has 0 aliphatic rings. The Bertz CT molecular complexity index is 625. The largest absolute Gasteiger partial charge is 0.346 e. The van der Waals surface area contributed by atoms with Crippen molar-refractivity contribution in [3.8, 4) is 0 Å². The third-order valence-corrected chi connectivity index (χ3v) is 4.61. The van der Waals surface area contributed by atoms with Crippen LogP contribution < -0.4 is 5.32 Å². The molecule has 0 saturated heterocycles. The van der Waals surface area contributed by atoms with E-state index >= 15 is 0 Å². The number of benzene rings is 1. The van der Waals surface area contributed by atoms with Gasteiger partial charge in [0.25, 0.3) is 5.91 Å². The Kier molecular flexibility index (Phi) is 5.02. The van der Waals surface area contributed by atoms with Crippen molar-refractivity contribution in [3.05, 3.63) is 49.9 Å². The SMILES string of the molecule is CC(C)c1nc(CNC(=O)c2ccc(Cl)c(Cl)c2)cs1. The first-order chi connectivity index (χ1) is 9.47. The quantitative estimate of drug-likeness (QED) is 0.897. The van der Waals surface area contributed by atoms with Crippen LogP contribution in [0.15, 0.2) is 23.6 Å². The maximum Gasteiger partial charge on any atom is 0.251 e. The lowest BCUT2D eigenvalue weighted by Crippen LogP contribution is -2.22. The third kappa shape index (κ3) is 3.72. The molecule has 1 N–H and O–H groups in total. The number of halogens is 2. The molecular formula is C14H14Cl2N2OS. The molecular weight excluding hydrogens is 315 g/mol. The smallest absolute Gasteiger partial charge is 0.251 e. The van der Waals surface area contributed by atoms with Crippen molar-refractivity contribution in [2.75, 3.05) is 0 Å². The van der Waals surface area contributed by atoms with Crippen molar-refractivity contribution < 1.29 is 4.79 Å². The Morgan fingerprint density at radius 2 is 2.10 bits per heavy atom. The zero-order valence-electron chi connectivity index (χ0n) is 11.1. The van der Waals surface area contributed by atoms with E-state index < -0.39 is 0 Å². The van der Waals surface area contributed by atoms with E-state index in [4.69, 9.17) is 23.2 Å². The van der Waals surface area contributed by atoms with Crippen LogP contribution in [0, 0.1) is 0 Å². The Morgan fingerprint density at radius 3 is 2.70 bits per heavy atom. The molecule has 0 fully saturated rings. The molecule has 20 heavy (non-hydrogen) atoms. The molecule has 0 saturated carbocycles. The highest BCUT2D eigenvalue weighted by Gasteiger charge is 2.10. The van der Waals surface area contributed by atoms with Crippen molar-refractivity contribution in [3.63, 3.8) is 0 Å². The van der Waals surface area contributed by atoms with E-state index in [-0.39, 0.29) is 5.91 Å². The highest BCUT2D eigenvalue weighted by atomic mass is 35.5. The average Bonchev–Trinajstić information content (AvgIpc) is 2.88. The van der Waals surface area contributed by atoms with Crippen LogP contribution in [-0.4, -0.2) is 10.9 Å². The molecule has 106 valence electrons. The topological polar surface area (TPSA) is 42.0 Å². The van der Waals surface area contributed by atoms with Crippen LogP contribution in [-0.2, 0) is 6.54 Å². The van der Waals surface area contributed by atoms with Gasteiger partial charge in [-0.1, -0.05) is 37.0 Å². The first kappa shape index (κ1) is 15.3. The Labute approximate surface area is 131 Å². The molecule has 2 rings (SSSR count). The molecule has 1 heterocycles. The molecule has 1 aromatic carbocycles. The summed E-state index contributed by atoms with van der Waals surface area (Å²) in [6.45, 7) is 4.59. The van der Waals surface area contributed by atoms with Gasteiger partial charge in [-0.15, -0.1) is 11.3 Å². The summed E-state index contributed by atoms with van der Waals surface area (Å²) in [4.78, 5) is 16.4. The van der Waals surface area contributed by atoms with E-state index in [9.17, 15) is 4.79 Å². The van der Waals surface area contributed by atoms with E-state index in [0.717, 1.165) is 10.7 Å². The van der Waals surface area contributed by atoms with Gasteiger partial charge in [-0.3, -0.25) is 4.79 Å². The number of carbonyl (C=O) groups is 1. The van der Waals surface area contributed by atoms with Gasteiger partial charge in [0, 0.05) is 16.9 Å². The van der Waals surface area contributed by atoms with Crippen LogP contribution in [0.1, 0.15) is 40.8 Å². The third-order valence-electron chi connectivity index (χ3n) is 2.68. The van der Waals surface area contributed by atoms with E-state index in [1.54, 1.807) is 29.5 Å². The first-order valence-electron chi connectivity index (χ1n) is 6.15. The molecule has 1 aromatic heterocycles. The molecule has 6 heteroatoms. The Morgan fingerprint density at radius 1 is 1.35 bits per heavy atom. The fourth-order valence-corrected chi connectivity index (χ4v) is 2.71. The van der Waals surface area contributed by atoms with Gasteiger partial charge < -0.3 is 5.32 Å². The molecule has 0 spiro atoms. The number of nitrogens with one attached hydrogen (secondary N) is 1. The number of nitrogens with zero attached hydrogens (tertiary/aromatic N) is 1. The van der Waals surface area contributed by atoms with E-state index in [0.29, 0.717) is 28.1 Å². The van der Waals surface area contributed by atoms with Gasteiger partial charge in [0.05, 0.1) is 27.3 Å². The molecule has 0 aliphatic carbocycles. The standard InChI is InChI=1S/C14H14Cl2N2OS/c1-8(2)14-18-10(7-20-14)6-17-13(19)9-3-4-11(15)12(16)5-9/h3-5,7-8H,6H2,1-2H3,(H,17,19). The predicted molar refractivity (Wildman–Crippen MR) is 83.8 cm³/mol. The van der Waals surface area contributed by atoms with E-state index in [2.05, 4.69) is 24.1 Å². The average molecular weight is 329 g/mol. The number of hydrogen-bond donors (Lipinski definition) is 1. The molecule has 1 amide bonds. The van der Waals surface area contributed by atoms with Crippen molar-refractivity contribution in [1.82, 2.24) is 10.3 Å². The second-order valence-corrected chi connectivity index (χ2v) is 6.35. The van der Waals surface area contributed by atoms with Crippen molar-refractivity contribution in [1.29, 1.82) is 0 Å². The molecule has 0 unspecified atom stereocenters. The van der Waals surface area contributed by atoms with E-state index in [1.165, 1.54) is 0 Å². The Balaban J connectivity index is 1.99. The van der Waals surface area contributed by atoms with Crippen molar-refractivity contribution >= 4 is 40.4 Å². The molecule has 3 nitrogen and oxygen atoms in total. The van der Waals surface area contributed by atoms with Crippen molar-refractivity contribution in [2.24, 2.45) is 0 Å². The lowest BCUT2D eigenvalue weighted by atomic mass is 10.2. The fraction of sp³-hybridized carbons (Fsp3) is 0.286. The van der Waals surface area contributed by atoms with Gasteiger partial charge in [0.2, 0.25) is 0 Å². The van der Waals surface area contributed by atoms with Gasteiger partial charge in [-0.25, -0.2) is 4.98 Å². The summed E-state index contributed by atoms with van der Waals surface area (Å²) >= 11 is 13.3. The summed E-state index contributed by atoms with van der Waals surface area (Å²) in [5.74, 6) is 0.210. The molecule has 0 aliphatic heterocycles. The number of thiazole rings is 1. The summed E-state index contributed by atoms with van der Waals surface area (Å²) in [7, 11) is 0. The van der Waals surface area contributed by atoms with Gasteiger partial charge >= 0.3 is 0 Å². The fourth-order valence-electron chi connectivity index (χ4n) is 1.58. The minimum absolute atomic E-state index is 0.192. The van der Waals surface area contributed by atoms with Gasteiger partial charge in [-0.05, 0) is 18.2 Å². The summed E-state index contributed by atoms with van der Waals surface area (Å²) in [5, 5.41) is 6.66. The lowest BCUT2D eigenvalue weighted by molar-refractivity contribution is 0.0950. The number of aromatic nitrogens is 1. The highest BCUT2D eigenvalue weighted by molar-refractivity contribution is 7.09. The molecule has 0 atom stereocenters. The highest BCUT2D eigenvalue weighted by Crippen LogP contribution is 2.23. The zero-order valence-corrected chi connectivity index (χ0v) is 13.4. The first-order valence-corrected chi connectivity index (χ1v) is 7.78. The van der Waals surface area contributed by atoms with Crippen LogP contribution in [0.3, 0.4) is 0 Å². The second-order valence-electron chi connectivity index (χ2n) is 4.64. The van der Waals surface area contributed by atoms with Crippen LogP contribution in [0.4, 0.5) is 0 Å². The molecule has 0 radical (unpaired) electrons. The maximum atomic E-state index is 12.0. The molecule has 0 bridgehead atoms. The van der Waals surface area contributed by atoms with Crippen LogP contribution in [0.5, 0.6) is 0 Å². The van der Waals surface area contributed by atoms with Crippen LogP contribution >= 0.6 is 34.5 Å². The number of hydrogen-bond acceptors (Lipinski definition) is 3. The number of rotatable bonds is 4.